The standard InChI is InChI=1S/C37H76O2.H2O/c1-10-12-14-16-18-20-22-24-26-28-30-34(38-31-29-27-25-23-21-19-17-15-13-11-2)39-37(8,9)33-36(6,7)32-35(3,4)5;/h34H,10-33H2,1-9H3;1H2. The summed E-state index contributed by atoms with van der Waals surface area (Å²) in [5.41, 5.74) is 0.413. The summed E-state index contributed by atoms with van der Waals surface area (Å²) in [5, 5.41) is 0. The molecule has 0 spiro atoms. The van der Waals surface area contributed by atoms with Crippen LogP contribution in [0.5, 0.6) is 0 Å². The summed E-state index contributed by atoms with van der Waals surface area (Å²) in [6.45, 7) is 21.9. The summed E-state index contributed by atoms with van der Waals surface area (Å²) < 4.78 is 13.2. The molecule has 0 aromatic rings. The maximum absolute atomic E-state index is 6.74. The maximum Gasteiger partial charge on any atom is 0.158 e. The minimum absolute atomic E-state index is 0. The topological polar surface area (TPSA) is 50.0 Å². The van der Waals surface area contributed by atoms with E-state index in [1.807, 2.05) is 0 Å². The van der Waals surface area contributed by atoms with Crippen molar-refractivity contribution in [3.63, 3.8) is 0 Å². The lowest BCUT2D eigenvalue weighted by molar-refractivity contribution is -0.212. The molecule has 244 valence electrons. The Labute approximate surface area is 254 Å². The van der Waals surface area contributed by atoms with Crippen molar-refractivity contribution >= 4 is 0 Å². The molecule has 3 nitrogen and oxygen atoms in total. The third-order valence-corrected chi connectivity index (χ3v) is 7.96. The lowest BCUT2D eigenvalue weighted by Crippen LogP contribution is -2.38. The molecule has 40 heavy (non-hydrogen) atoms. The average molecular weight is 571 g/mol. The first-order chi connectivity index (χ1) is 18.4. The Hall–Kier alpha value is -0.120. The van der Waals surface area contributed by atoms with Crippen LogP contribution in [0.3, 0.4) is 0 Å². The second-order valence-electron chi connectivity index (χ2n) is 15.4. The molecule has 0 amide bonds. The van der Waals surface area contributed by atoms with Crippen molar-refractivity contribution in [3.8, 4) is 0 Å². The number of ether oxygens (including phenoxy) is 2. The zero-order valence-electron chi connectivity index (χ0n) is 29.4. The van der Waals surface area contributed by atoms with Crippen molar-refractivity contribution in [1.82, 2.24) is 0 Å². The van der Waals surface area contributed by atoms with Gasteiger partial charge in [-0.25, -0.2) is 0 Å². The van der Waals surface area contributed by atoms with Gasteiger partial charge in [0.2, 0.25) is 0 Å². The highest BCUT2D eigenvalue weighted by atomic mass is 16.7. The van der Waals surface area contributed by atoms with Crippen molar-refractivity contribution in [2.24, 2.45) is 10.8 Å². The van der Waals surface area contributed by atoms with E-state index < -0.39 is 0 Å². The number of hydrogen-bond acceptors (Lipinski definition) is 2. The zero-order valence-corrected chi connectivity index (χ0v) is 29.4. The molecule has 0 aromatic carbocycles. The van der Waals surface area contributed by atoms with E-state index in [1.54, 1.807) is 0 Å². The van der Waals surface area contributed by atoms with Gasteiger partial charge in [-0.1, -0.05) is 164 Å². The second kappa shape index (κ2) is 25.4. The molecule has 3 heteroatoms. The fourth-order valence-corrected chi connectivity index (χ4v) is 6.83. The average Bonchev–Trinajstić information content (AvgIpc) is 2.80. The number of unbranched alkanes of at least 4 members (excludes halogenated alkanes) is 18. The van der Waals surface area contributed by atoms with Crippen molar-refractivity contribution in [2.75, 3.05) is 6.61 Å². The largest absolute Gasteiger partial charge is 0.412 e. The molecule has 2 N–H and O–H groups in total. The predicted molar refractivity (Wildman–Crippen MR) is 179 cm³/mol. The van der Waals surface area contributed by atoms with Crippen LogP contribution < -0.4 is 0 Å². The van der Waals surface area contributed by atoms with E-state index in [4.69, 9.17) is 9.47 Å². The smallest absolute Gasteiger partial charge is 0.158 e. The highest BCUT2D eigenvalue weighted by Crippen LogP contribution is 2.40. The van der Waals surface area contributed by atoms with Crippen LogP contribution >= 0.6 is 0 Å². The van der Waals surface area contributed by atoms with Crippen LogP contribution in [0, 0.1) is 10.8 Å². The van der Waals surface area contributed by atoms with Crippen molar-refractivity contribution < 1.29 is 14.9 Å². The van der Waals surface area contributed by atoms with Gasteiger partial charge in [0, 0.05) is 6.61 Å². The van der Waals surface area contributed by atoms with Crippen LogP contribution in [0.1, 0.15) is 210 Å². The Balaban J connectivity index is 0. The molecule has 0 aliphatic carbocycles. The lowest BCUT2D eigenvalue weighted by atomic mass is 9.71. The summed E-state index contributed by atoms with van der Waals surface area (Å²) in [7, 11) is 0. The second-order valence-corrected chi connectivity index (χ2v) is 15.4. The van der Waals surface area contributed by atoms with Gasteiger partial charge in [0.25, 0.3) is 0 Å². The van der Waals surface area contributed by atoms with Gasteiger partial charge in [-0.05, 0) is 56.8 Å². The molecule has 0 aromatic heterocycles. The van der Waals surface area contributed by atoms with Crippen LogP contribution in [0.2, 0.25) is 0 Å². The van der Waals surface area contributed by atoms with Crippen LogP contribution in [0.25, 0.3) is 0 Å². The van der Waals surface area contributed by atoms with E-state index in [2.05, 4.69) is 62.3 Å². The van der Waals surface area contributed by atoms with Crippen molar-refractivity contribution in [3.05, 3.63) is 0 Å². The summed E-state index contributed by atoms with van der Waals surface area (Å²) in [6.07, 6.45) is 30.6. The summed E-state index contributed by atoms with van der Waals surface area (Å²) >= 11 is 0. The van der Waals surface area contributed by atoms with Crippen molar-refractivity contribution in [1.29, 1.82) is 0 Å². The maximum atomic E-state index is 6.74. The Morgan fingerprint density at radius 3 is 1.25 bits per heavy atom. The highest BCUT2D eigenvalue weighted by molar-refractivity contribution is 4.84. The molecule has 0 aliphatic rings. The Kier molecular flexibility index (Phi) is 26.7. The van der Waals surface area contributed by atoms with Gasteiger partial charge < -0.3 is 14.9 Å². The molecule has 1 atom stereocenters. The summed E-state index contributed by atoms with van der Waals surface area (Å²) in [6, 6.07) is 0. The van der Waals surface area contributed by atoms with E-state index in [9.17, 15) is 0 Å². The van der Waals surface area contributed by atoms with E-state index in [-0.39, 0.29) is 22.8 Å². The zero-order chi connectivity index (χ0) is 29.5. The first-order valence-corrected chi connectivity index (χ1v) is 17.7. The minimum atomic E-state index is -0.171. The van der Waals surface area contributed by atoms with Gasteiger partial charge in [0.05, 0.1) is 5.60 Å². The van der Waals surface area contributed by atoms with Gasteiger partial charge in [-0.3, -0.25) is 0 Å². The molecule has 0 saturated carbocycles. The van der Waals surface area contributed by atoms with Gasteiger partial charge in [0.1, 0.15) is 0 Å². The van der Waals surface area contributed by atoms with Gasteiger partial charge in [0.15, 0.2) is 6.29 Å². The first kappa shape index (κ1) is 42.0. The van der Waals surface area contributed by atoms with Crippen LogP contribution in [-0.2, 0) is 9.47 Å². The molecule has 0 fully saturated rings. The fraction of sp³-hybridized carbons (Fsp3) is 1.00. The molecule has 0 radical (unpaired) electrons. The predicted octanol–water partition coefficient (Wildman–Crippen LogP) is 12.4. The normalized spacial score (nSPS) is 13.4. The number of rotatable bonds is 28. The molecule has 0 aliphatic heterocycles. The minimum Gasteiger partial charge on any atom is -0.412 e. The van der Waals surface area contributed by atoms with E-state index in [0.29, 0.717) is 5.41 Å². The molecular weight excluding hydrogens is 492 g/mol. The van der Waals surface area contributed by atoms with Crippen molar-refractivity contribution in [2.45, 2.75) is 222 Å². The molecule has 1 unspecified atom stereocenters. The monoisotopic (exact) mass is 571 g/mol. The van der Waals surface area contributed by atoms with E-state index in [1.165, 1.54) is 135 Å². The quantitative estimate of drug-likeness (QED) is 0.0693. The van der Waals surface area contributed by atoms with Gasteiger partial charge in [-0.15, -0.1) is 0 Å². The lowest BCUT2D eigenvalue weighted by Gasteiger charge is -2.40. The van der Waals surface area contributed by atoms with Crippen LogP contribution in [-0.4, -0.2) is 24.0 Å². The number of hydrogen-bond donors (Lipinski definition) is 0. The summed E-state index contributed by atoms with van der Waals surface area (Å²) in [5.74, 6) is 0. The third kappa shape index (κ3) is 29.4. The SMILES string of the molecule is CCCCCCCCCCCCOC(CCCCCCCCCCCC)OC(C)(C)CC(C)(C)CC(C)(C)C.O. The van der Waals surface area contributed by atoms with Gasteiger partial charge in [-0.2, -0.15) is 0 Å². The molecule has 0 heterocycles. The van der Waals surface area contributed by atoms with E-state index in [0.717, 1.165) is 19.4 Å². The first-order valence-electron chi connectivity index (χ1n) is 17.7. The highest BCUT2D eigenvalue weighted by Gasteiger charge is 2.34. The molecule has 0 bridgehead atoms. The Morgan fingerprint density at radius 1 is 0.475 bits per heavy atom. The summed E-state index contributed by atoms with van der Waals surface area (Å²) in [4.78, 5) is 0. The van der Waals surface area contributed by atoms with E-state index >= 15 is 0 Å². The molecular formula is C37H78O3. The Bertz CT molecular complexity index is 520. The van der Waals surface area contributed by atoms with Crippen LogP contribution in [0.4, 0.5) is 0 Å². The van der Waals surface area contributed by atoms with Gasteiger partial charge >= 0.3 is 0 Å². The van der Waals surface area contributed by atoms with Crippen LogP contribution in [0.15, 0.2) is 0 Å². The fourth-order valence-electron chi connectivity index (χ4n) is 6.83. The molecule has 0 saturated heterocycles. The Morgan fingerprint density at radius 2 is 0.850 bits per heavy atom. The third-order valence-electron chi connectivity index (χ3n) is 7.96. The molecule has 0 rings (SSSR count).